The number of benzene rings is 1. The molecule has 100 valence electrons. The largest absolute Gasteiger partial charge is 0.475 e. The second kappa shape index (κ2) is 4.85. The summed E-state index contributed by atoms with van der Waals surface area (Å²) < 4.78 is 42.2. The van der Waals surface area contributed by atoms with E-state index in [1.165, 1.54) is 18.2 Å². The number of sulfone groups is 1. The first kappa shape index (κ1) is 13.3. The zero-order chi connectivity index (χ0) is 14.0. The van der Waals surface area contributed by atoms with Crippen molar-refractivity contribution >= 4 is 15.8 Å². The summed E-state index contributed by atoms with van der Waals surface area (Å²) in [5, 5.41) is 8.81. The van der Waals surface area contributed by atoms with Crippen LogP contribution in [0, 0.1) is 5.82 Å². The normalized spacial score (nSPS) is 11.4. The molecule has 1 N–H and O–H groups in total. The van der Waals surface area contributed by atoms with Crippen LogP contribution in [0.4, 0.5) is 4.39 Å². The molecule has 2 aromatic rings. The zero-order valence-electron chi connectivity index (χ0n) is 9.54. The van der Waals surface area contributed by atoms with Gasteiger partial charge in [0.15, 0.2) is 9.84 Å². The number of hydrogen-bond donors (Lipinski definition) is 1. The molecule has 0 aliphatic rings. The second-order valence-electron chi connectivity index (χ2n) is 3.77. The van der Waals surface area contributed by atoms with Gasteiger partial charge in [-0.2, -0.15) is 0 Å². The van der Waals surface area contributed by atoms with E-state index >= 15 is 0 Å². The van der Waals surface area contributed by atoms with E-state index in [-0.39, 0.29) is 5.56 Å². The number of carbonyl (C=O) groups is 1. The van der Waals surface area contributed by atoms with Gasteiger partial charge in [0.2, 0.25) is 5.76 Å². The summed E-state index contributed by atoms with van der Waals surface area (Å²) in [6.07, 6.45) is 1.08. The summed E-state index contributed by atoms with van der Waals surface area (Å²) in [6, 6.07) is 6.16. The molecule has 0 unspecified atom stereocenters. The van der Waals surface area contributed by atoms with Gasteiger partial charge in [-0.05, 0) is 18.2 Å². The predicted molar refractivity (Wildman–Crippen MR) is 63.0 cm³/mol. The molecule has 5 nitrogen and oxygen atoms in total. The van der Waals surface area contributed by atoms with Crippen LogP contribution in [0.5, 0.6) is 0 Å². The highest BCUT2D eigenvalue weighted by Gasteiger charge is 2.24. The highest BCUT2D eigenvalue weighted by molar-refractivity contribution is 7.90. The first-order valence-corrected chi connectivity index (χ1v) is 6.84. The third kappa shape index (κ3) is 2.65. The third-order valence-corrected chi connectivity index (χ3v) is 4.15. The molecule has 1 aromatic carbocycles. The smallest absolute Gasteiger partial charge is 0.372 e. The van der Waals surface area contributed by atoms with Crippen molar-refractivity contribution in [3.63, 3.8) is 0 Å². The van der Waals surface area contributed by atoms with E-state index in [0.717, 1.165) is 18.4 Å². The lowest BCUT2D eigenvalue weighted by atomic mass is 10.3. The standard InChI is InChI=1S/C12H9FO5S/c13-9-3-1-2-4-10(9)19(16,17)7-8-5-6-18-11(8)12(14)15/h1-6H,7H2,(H,14,15). The van der Waals surface area contributed by atoms with Gasteiger partial charge in [0.1, 0.15) is 10.7 Å². The molecule has 19 heavy (non-hydrogen) atoms. The predicted octanol–water partition coefficient (Wildman–Crippen LogP) is 2.09. The van der Waals surface area contributed by atoms with E-state index in [9.17, 15) is 17.6 Å². The molecule has 0 bridgehead atoms. The fraction of sp³-hybridized carbons (Fsp3) is 0.0833. The van der Waals surface area contributed by atoms with Crippen LogP contribution >= 0.6 is 0 Å². The van der Waals surface area contributed by atoms with Crippen LogP contribution in [-0.2, 0) is 15.6 Å². The van der Waals surface area contributed by atoms with Gasteiger partial charge in [0.25, 0.3) is 0 Å². The molecule has 2 rings (SSSR count). The minimum absolute atomic E-state index is 0.0178. The maximum atomic E-state index is 13.5. The molecule has 0 saturated heterocycles. The number of halogens is 1. The van der Waals surface area contributed by atoms with Crippen LogP contribution in [0.1, 0.15) is 16.1 Å². The maximum Gasteiger partial charge on any atom is 0.372 e. The van der Waals surface area contributed by atoms with Crippen LogP contribution in [0.25, 0.3) is 0 Å². The van der Waals surface area contributed by atoms with Crippen molar-refractivity contribution in [3.8, 4) is 0 Å². The molecule has 0 fully saturated rings. The number of carboxylic acids is 1. The van der Waals surface area contributed by atoms with Crippen LogP contribution in [0.15, 0.2) is 45.9 Å². The number of hydrogen-bond acceptors (Lipinski definition) is 4. The Hall–Kier alpha value is -2.15. The Balaban J connectivity index is 2.40. The van der Waals surface area contributed by atoms with E-state index < -0.39 is 38.0 Å². The number of rotatable bonds is 4. The van der Waals surface area contributed by atoms with Crippen LogP contribution in [0.3, 0.4) is 0 Å². The lowest BCUT2D eigenvalue weighted by Gasteiger charge is -2.04. The molecule has 1 heterocycles. The van der Waals surface area contributed by atoms with Crippen molar-refractivity contribution in [3.05, 3.63) is 53.7 Å². The highest BCUT2D eigenvalue weighted by Crippen LogP contribution is 2.21. The van der Waals surface area contributed by atoms with Crippen LogP contribution < -0.4 is 0 Å². The fourth-order valence-electron chi connectivity index (χ4n) is 1.62. The van der Waals surface area contributed by atoms with E-state index in [2.05, 4.69) is 4.42 Å². The molecule has 1 aromatic heterocycles. The van der Waals surface area contributed by atoms with Gasteiger partial charge in [-0.3, -0.25) is 0 Å². The van der Waals surface area contributed by atoms with Gasteiger partial charge in [0.05, 0.1) is 12.0 Å². The molecule has 0 radical (unpaired) electrons. The molecule has 0 amide bonds. The summed E-state index contributed by atoms with van der Waals surface area (Å²) in [6.45, 7) is 0. The van der Waals surface area contributed by atoms with E-state index in [1.807, 2.05) is 0 Å². The monoisotopic (exact) mass is 284 g/mol. The lowest BCUT2D eigenvalue weighted by molar-refractivity contribution is 0.0661. The van der Waals surface area contributed by atoms with Gasteiger partial charge >= 0.3 is 5.97 Å². The van der Waals surface area contributed by atoms with E-state index in [0.29, 0.717) is 0 Å². The van der Waals surface area contributed by atoms with Crippen molar-refractivity contribution < 1.29 is 27.1 Å². The molecule has 7 heteroatoms. The van der Waals surface area contributed by atoms with Crippen molar-refractivity contribution in [2.75, 3.05) is 0 Å². The van der Waals surface area contributed by atoms with Crippen molar-refractivity contribution in [1.29, 1.82) is 0 Å². The molecule has 0 aliphatic carbocycles. The fourth-order valence-corrected chi connectivity index (χ4v) is 3.06. The average Bonchev–Trinajstić information content (AvgIpc) is 2.76. The molecule has 0 spiro atoms. The molecular weight excluding hydrogens is 275 g/mol. The number of aromatic carboxylic acids is 1. The van der Waals surface area contributed by atoms with E-state index in [4.69, 9.17) is 5.11 Å². The quantitative estimate of drug-likeness (QED) is 0.929. The molecule has 0 atom stereocenters. The van der Waals surface area contributed by atoms with Gasteiger partial charge in [-0.15, -0.1) is 0 Å². The Morgan fingerprint density at radius 1 is 1.26 bits per heavy atom. The Bertz CT molecular complexity index is 717. The molecule has 0 aliphatic heterocycles. The topological polar surface area (TPSA) is 84.6 Å². The Kier molecular flexibility index (Phi) is 3.39. The van der Waals surface area contributed by atoms with Gasteiger partial charge in [-0.1, -0.05) is 12.1 Å². The Morgan fingerprint density at radius 3 is 2.58 bits per heavy atom. The minimum atomic E-state index is -3.97. The van der Waals surface area contributed by atoms with Gasteiger partial charge in [0, 0.05) is 5.56 Å². The minimum Gasteiger partial charge on any atom is -0.475 e. The molecule has 0 saturated carbocycles. The number of furan rings is 1. The summed E-state index contributed by atoms with van der Waals surface area (Å²) in [7, 11) is -3.97. The first-order valence-electron chi connectivity index (χ1n) is 5.19. The maximum absolute atomic E-state index is 13.5. The second-order valence-corrected chi connectivity index (χ2v) is 5.73. The lowest BCUT2D eigenvalue weighted by Crippen LogP contribution is -2.09. The van der Waals surface area contributed by atoms with Crippen molar-refractivity contribution in [2.24, 2.45) is 0 Å². The summed E-state index contributed by atoms with van der Waals surface area (Å²) in [4.78, 5) is 10.3. The van der Waals surface area contributed by atoms with Crippen LogP contribution in [0.2, 0.25) is 0 Å². The highest BCUT2D eigenvalue weighted by atomic mass is 32.2. The Morgan fingerprint density at radius 2 is 1.95 bits per heavy atom. The van der Waals surface area contributed by atoms with Crippen molar-refractivity contribution in [1.82, 2.24) is 0 Å². The Labute approximate surface area is 108 Å². The third-order valence-electron chi connectivity index (χ3n) is 2.46. The molecular formula is C12H9FO5S. The van der Waals surface area contributed by atoms with E-state index in [1.54, 1.807) is 0 Å². The average molecular weight is 284 g/mol. The van der Waals surface area contributed by atoms with Crippen molar-refractivity contribution in [2.45, 2.75) is 10.6 Å². The van der Waals surface area contributed by atoms with Gasteiger partial charge < -0.3 is 9.52 Å². The number of carboxylic acid groups (broad SMARTS) is 1. The summed E-state index contributed by atoms with van der Waals surface area (Å²) in [5.41, 5.74) is -0.0178. The summed E-state index contributed by atoms with van der Waals surface area (Å²) in [5.74, 6) is -3.34. The SMILES string of the molecule is O=C(O)c1occc1CS(=O)(=O)c1ccccc1F. The van der Waals surface area contributed by atoms with Crippen LogP contribution in [-0.4, -0.2) is 19.5 Å². The summed E-state index contributed by atoms with van der Waals surface area (Å²) >= 11 is 0. The zero-order valence-corrected chi connectivity index (χ0v) is 10.4. The van der Waals surface area contributed by atoms with Gasteiger partial charge in [-0.25, -0.2) is 17.6 Å². The first-order chi connectivity index (χ1) is 8.92.